The number of imide groups is 1. The lowest BCUT2D eigenvalue weighted by Gasteiger charge is -2.08. The third kappa shape index (κ3) is 4.85. The van der Waals surface area contributed by atoms with Crippen LogP contribution in [0.2, 0.25) is 0 Å². The number of oxazole rings is 1. The van der Waals surface area contributed by atoms with E-state index in [1.165, 1.54) is 0 Å². The summed E-state index contributed by atoms with van der Waals surface area (Å²) in [4.78, 5) is 47.1. The number of aromatic nitrogens is 1. The second kappa shape index (κ2) is 8.67. The number of ether oxygens (including phenoxy) is 1. The first-order chi connectivity index (χ1) is 13.5. The van der Waals surface area contributed by atoms with Crippen LogP contribution in [0.5, 0.6) is 0 Å². The van der Waals surface area contributed by atoms with Crippen molar-refractivity contribution in [3.8, 4) is 0 Å². The van der Waals surface area contributed by atoms with Crippen molar-refractivity contribution in [3.05, 3.63) is 70.7 Å². The van der Waals surface area contributed by atoms with Crippen LogP contribution in [0.15, 0.2) is 63.8 Å². The topological polar surface area (TPSA) is 120 Å². The Balaban J connectivity index is 1.45. The highest BCUT2D eigenvalue weighted by Gasteiger charge is 2.15. The molecule has 1 heterocycles. The SMILES string of the molecule is O=C(COC(=O)Cn1c(=O)oc2ccccc21)NC(=O)NCc1ccccc1. The van der Waals surface area contributed by atoms with Crippen LogP contribution in [-0.2, 0) is 27.4 Å². The predicted octanol–water partition coefficient (Wildman–Crippen LogP) is 1.16. The van der Waals surface area contributed by atoms with E-state index in [-0.39, 0.29) is 6.54 Å². The maximum atomic E-state index is 11.9. The zero-order valence-electron chi connectivity index (χ0n) is 14.7. The molecule has 0 saturated heterocycles. The quantitative estimate of drug-likeness (QED) is 0.617. The van der Waals surface area contributed by atoms with E-state index >= 15 is 0 Å². The number of esters is 1. The van der Waals surface area contributed by atoms with Crippen molar-refractivity contribution < 1.29 is 23.5 Å². The molecular formula is C19H17N3O6. The van der Waals surface area contributed by atoms with Crippen LogP contribution in [0.4, 0.5) is 4.79 Å². The Morgan fingerprint density at radius 3 is 2.50 bits per heavy atom. The molecule has 1 aromatic heterocycles. The van der Waals surface area contributed by atoms with E-state index in [1.54, 1.807) is 24.3 Å². The van der Waals surface area contributed by atoms with Gasteiger partial charge in [-0.2, -0.15) is 0 Å². The lowest BCUT2D eigenvalue weighted by molar-refractivity contribution is -0.148. The van der Waals surface area contributed by atoms with Crippen LogP contribution in [0.3, 0.4) is 0 Å². The molecule has 0 atom stereocenters. The van der Waals surface area contributed by atoms with Crippen molar-refractivity contribution in [2.24, 2.45) is 0 Å². The van der Waals surface area contributed by atoms with Gasteiger partial charge >= 0.3 is 17.8 Å². The maximum absolute atomic E-state index is 11.9. The molecule has 0 aliphatic carbocycles. The van der Waals surface area contributed by atoms with Gasteiger partial charge in [-0.25, -0.2) is 9.59 Å². The van der Waals surface area contributed by atoms with Gasteiger partial charge in [0.15, 0.2) is 12.2 Å². The van der Waals surface area contributed by atoms with Gasteiger partial charge < -0.3 is 14.5 Å². The summed E-state index contributed by atoms with van der Waals surface area (Å²) in [6, 6.07) is 15.1. The molecule has 0 unspecified atom stereocenters. The summed E-state index contributed by atoms with van der Waals surface area (Å²) in [6.07, 6.45) is 0. The minimum absolute atomic E-state index is 0.246. The summed E-state index contributed by atoms with van der Waals surface area (Å²) in [6.45, 7) is -0.818. The Morgan fingerprint density at radius 2 is 1.71 bits per heavy atom. The first-order valence-corrected chi connectivity index (χ1v) is 8.38. The molecule has 3 amide bonds. The molecule has 9 heteroatoms. The molecule has 0 saturated carbocycles. The number of carbonyl (C=O) groups is 3. The van der Waals surface area contributed by atoms with Crippen LogP contribution in [-0.4, -0.2) is 29.1 Å². The van der Waals surface area contributed by atoms with E-state index in [0.29, 0.717) is 11.1 Å². The summed E-state index contributed by atoms with van der Waals surface area (Å²) in [5.41, 5.74) is 1.65. The van der Waals surface area contributed by atoms with Crippen LogP contribution in [0, 0.1) is 0 Å². The number of benzene rings is 2. The first kappa shape index (κ1) is 18.9. The average molecular weight is 383 g/mol. The highest BCUT2D eigenvalue weighted by atomic mass is 16.5. The van der Waals surface area contributed by atoms with E-state index < -0.39 is 36.8 Å². The van der Waals surface area contributed by atoms with Crippen molar-refractivity contribution in [2.75, 3.05) is 6.61 Å². The number of hydrogen-bond donors (Lipinski definition) is 2. The monoisotopic (exact) mass is 383 g/mol. The molecule has 0 fully saturated rings. The zero-order chi connectivity index (χ0) is 19.9. The molecule has 0 bridgehead atoms. The predicted molar refractivity (Wildman–Crippen MR) is 98.3 cm³/mol. The molecule has 2 aromatic carbocycles. The molecule has 3 rings (SSSR count). The van der Waals surface area contributed by atoms with E-state index in [4.69, 9.17) is 9.15 Å². The Kier molecular flexibility index (Phi) is 5.85. The normalized spacial score (nSPS) is 10.4. The number of nitrogens with zero attached hydrogens (tertiary/aromatic N) is 1. The molecule has 28 heavy (non-hydrogen) atoms. The summed E-state index contributed by atoms with van der Waals surface area (Å²) in [5.74, 6) is -2.31. The fourth-order valence-electron chi connectivity index (χ4n) is 2.47. The maximum Gasteiger partial charge on any atom is 0.420 e. The Morgan fingerprint density at radius 1 is 1.00 bits per heavy atom. The van der Waals surface area contributed by atoms with Crippen molar-refractivity contribution >= 4 is 29.0 Å². The van der Waals surface area contributed by atoms with Crippen LogP contribution >= 0.6 is 0 Å². The van der Waals surface area contributed by atoms with Gasteiger partial charge in [0, 0.05) is 6.54 Å². The molecule has 144 valence electrons. The molecule has 2 N–H and O–H groups in total. The van der Waals surface area contributed by atoms with E-state index in [9.17, 15) is 19.2 Å². The number of para-hydroxylation sites is 2. The van der Waals surface area contributed by atoms with Crippen molar-refractivity contribution in [1.82, 2.24) is 15.2 Å². The van der Waals surface area contributed by atoms with Gasteiger partial charge in [0.25, 0.3) is 5.91 Å². The van der Waals surface area contributed by atoms with Crippen molar-refractivity contribution in [3.63, 3.8) is 0 Å². The Labute approximate surface area is 158 Å². The van der Waals surface area contributed by atoms with Crippen LogP contribution in [0.1, 0.15) is 5.56 Å². The molecular weight excluding hydrogens is 366 g/mol. The Hall–Kier alpha value is -3.88. The number of fused-ring (bicyclic) bond motifs is 1. The zero-order valence-corrected chi connectivity index (χ0v) is 14.7. The highest BCUT2D eigenvalue weighted by Crippen LogP contribution is 2.11. The number of carbonyl (C=O) groups excluding carboxylic acids is 3. The lowest BCUT2D eigenvalue weighted by atomic mass is 10.2. The minimum Gasteiger partial charge on any atom is -0.454 e. The second-order valence-corrected chi connectivity index (χ2v) is 5.80. The van der Waals surface area contributed by atoms with E-state index in [1.807, 2.05) is 30.3 Å². The fraction of sp³-hybridized carbons (Fsp3) is 0.158. The molecule has 0 radical (unpaired) electrons. The first-order valence-electron chi connectivity index (χ1n) is 8.38. The highest BCUT2D eigenvalue weighted by molar-refractivity contribution is 5.95. The van der Waals surface area contributed by atoms with Gasteiger partial charge in [0.1, 0.15) is 6.54 Å². The standard InChI is InChI=1S/C19H17N3O6/c23-16(21-18(25)20-10-13-6-2-1-3-7-13)12-27-17(24)11-22-14-8-4-5-9-15(14)28-19(22)26/h1-9H,10-12H2,(H2,20,21,23,25). The third-order valence-electron chi connectivity index (χ3n) is 3.77. The summed E-state index contributed by atoms with van der Waals surface area (Å²) in [7, 11) is 0. The number of urea groups is 1. The summed E-state index contributed by atoms with van der Waals surface area (Å²) >= 11 is 0. The third-order valence-corrected chi connectivity index (χ3v) is 3.77. The van der Waals surface area contributed by atoms with Crippen molar-refractivity contribution in [1.29, 1.82) is 0 Å². The van der Waals surface area contributed by atoms with Crippen LogP contribution in [0.25, 0.3) is 11.1 Å². The fourth-order valence-corrected chi connectivity index (χ4v) is 2.47. The molecule has 0 spiro atoms. The van der Waals surface area contributed by atoms with Gasteiger partial charge in [-0.15, -0.1) is 0 Å². The number of rotatable bonds is 6. The van der Waals surface area contributed by atoms with Crippen LogP contribution < -0.4 is 16.4 Å². The minimum atomic E-state index is -0.812. The van der Waals surface area contributed by atoms with Gasteiger partial charge in [0.05, 0.1) is 5.52 Å². The molecule has 0 aliphatic rings. The average Bonchev–Trinajstić information content (AvgIpc) is 3.01. The smallest absolute Gasteiger partial charge is 0.420 e. The summed E-state index contributed by atoms with van der Waals surface area (Å²) in [5, 5.41) is 4.56. The number of amides is 3. The lowest BCUT2D eigenvalue weighted by Crippen LogP contribution is -2.41. The van der Waals surface area contributed by atoms with Gasteiger partial charge in [-0.05, 0) is 17.7 Å². The number of hydrogen-bond acceptors (Lipinski definition) is 6. The van der Waals surface area contributed by atoms with Gasteiger partial charge in [-0.3, -0.25) is 19.5 Å². The van der Waals surface area contributed by atoms with Crippen molar-refractivity contribution in [2.45, 2.75) is 13.1 Å². The second-order valence-electron chi connectivity index (χ2n) is 5.80. The largest absolute Gasteiger partial charge is 0.454 e. The number of nitrogens with one attached hydrogen (secondary N) is 2. The molecule has 3 aromatic rings. The Bertz CT molecular complexity index is 1050. The van der Waals surface area contributed by atoms with Gasteiger partial charge in [-0.1, -0.05) is 42.5 Å². The van der Waals surface area contributed by atoms with E-state index in [0.717, 1.165) is 10.1 Å². The summed E-state index contributed by atoms with van der Waals surface area (Å²) < 4.78 is 10.9. The molecule has 9 nitrogen and oxygen atoms in total. The van der Waals surface area contributed by atoms with E-state index in [2.05, 4.69) is 10.6 Å². The molecule has 0 aliphatic heterocycles. The van der Waals surface area contributed by atoms with Gasteiger partial charge in [0.2, 0.25) is 0 Å².